The number of aliphatic hydroxyl groups excluding tert-OH is 1. The van der Waals surface area contributed by atoms with Crippen LogP contribution in [0.1, 0.15) is 68.4 Å². The van der Waals surface area contributed by atoms with E-state index in [1.165, 1.54) is 86.7 Å². The second kappa shape index (κ2) is 11.5. The van der Waals surface area contributed by atoms with Crippen LogP contribution in [-0.4, -0.2) is 78.5 Å². The molecule has 6 rings (SSSR count). The number of likely N-dealkylation sites (tertiary alicyclic amines) is 2. The molecule has 3 fully saturated rings. The van der Waals surface area contributed by atoms with Crippen LogP contribution in [0.2, 0.25) is 0 Å². The molecule has 1 aromatic heterocycles. The number of methoxy groups -OCH3 is 2. The van der Waals surface area contributed by atoms with Crippen molar-refractivity contribution < 1.29 is 14.6 Å². The van der Waals surface area contributed by atoms with E-state index >= 15 is 0 Å². The van der Waals surface area contributed by atoms with Crippen molar-refractivity contribution in [1.82, 2.24) is 14.8 Å². The number of aromatic amines is 1. The molecule has 0 unspecified atom stereocenters. The Hall–Kier alpha value is -2.54. The van der Waals surface area contributed by atoms with E-state index < -0.39 is 0 Å². The Labute approximate surface area is 233 Å². The van der Waals surface area contributed by atoms with Gasteiger partial charge in [0.1, 0.15) is 0 Å². The van der Waals surface area contributed by atoms with Crippen LogP contribution >= 0.6 is 0 Å². The van der Waals surface area contributed by atoms with E-state index in [0.29, 0.717) is 12.0 Å². The molecule has 0 atom stereocenters. The zero-order valence-electron chi connectivity index (χ0n) is 23.9. The van der Waals surface area contributed by atoms with Crippen LogP contribution in [0.4, 0.5) is 0 Å². The van der Waals surface area contributed by atoms with Gasteiger partial charge in [-0.2, -0.15) is 0 Å². The van der Waals surface area contributed by atoms with Gasteiger partial charge < -0.3 is 29.4 Å². The molecule has 2 saturated heterocycles. The fourth-order valence-corrected chi connectivity index (χ4v) is 7.52. The lowest BCUT2D eigenvalue weighted by molar-refractivity contribution is 0.0361. The fourth-order valence-electron chi connectivity index (χ4n) is 7.52. The van der Waals surface area contributed by atoms with E-state index in [1.54, 1.807) is 14.2 Å². The van der Waals surface area contributed by atoms with Gasteiger partial charge in [0.25, 0.3) is 0 Å². The molecule has 39 heavy (non-hydrogen) atoms. The molecule has 0 bridgehead atoms. The molecule has 1 saturated carbocycles. The highest BCUT2D eigenvalue weighted by atomic mass is 16.5. The number of aromatic nitrogens is 1. The Bertz CT molecular complexity index is 1260. The summed E-state index contributed by atoms with van der Waals surface area (Å²) >= 11 is 0. The van der Waals surface area contributed by atoms with Crippen molar-refractivity contribution in [1.29, 1.82) is 0 Å². The predicted octanol–water partition coefficient (Wildman–Crippen LogP) is 6.11. The molecule has 3 aliphatic rings. The van der Waals surface area contributed by atoms with E-state index in [4.69, 9.17) is 9.47 Å². The number of aliphatic hydroxyl groups is 1. The van der Waals surface area contributed by atoms with Crippen LogP contribution < -0.4 is 9.47 Å². The molecule has 2 aromatic carbocycles. The quantitative estimate of drug-likeness (QED) is 0.402. The molecular formula is C33H45N3O3. The normalized spacial score (nSPS) is 24.3. The molecule has 1 aliphatic carbocycles. The first-order valence-electron chi connectivity index (χ1n) is 15.0. The summed E-state index contributed by atoms with van der Waals surface area (Å²) < 4.78 is 11.0. The van der Waals surface area contributed by atoms with Crippen LogP contribution in [-0.2, 0) is 0 Å². The number of H-pyrrole nitrogens is 1. The van der Waals surface area contributed by atoms with E-state index in [9.17, 15) is 5.11 Å². The van der Waals surface area contributed by atoms with Crippen LogP contribution in [0.3, 0.4) is 0 Å². The summed E-state index contributed by atoms with van der Waals surface area (Å²) in [6, 6.07) is 14.6. The first kappa shape index (κ1) is 26.7. The first-order chi connectivity index (χ1) is 19.0. The SMILES string of the molecule is COc1ccc(-c2[nH]c3ccc(C4CCN(C5CCN(C6CCC(O)CC6)CC5)CC4)cc3c2C)cc1OC. The third-order valence-corrected chi connectivity index (χ3v) is 9.95. The van der Waals surface area contributed by atoms with Gasteiger partial charge in [0.15, 0.2) is 11.5 Å². The average molecular weight is 532 g/mol. The maximum absolute atomic E-state index is 9.85. The number of benzene rings is 2. The number of ether oxygens (including phenoxy) is 2. The fraction of sp³-hybridized carbons (Fsp3) is 0.576. The molecule has 0 amide bonds. The van der Waals surface area contributed by atoms with Gasteiger partial charge in [-0.15, -0.1) is 0 Å². The van der Waals surface area contributed by atoms with Crippen molar-refractivity contribution in [3.05, 3.63) is 47.5 Å². The number of nitrogens with zero attached hydrogens (tertiary/aromatic N) is 2. The highest BCUT2D eigenvalue weighted by molar-refractivity contribution is 5.91. The summed E-state index contributed by atoms with van der Waals surface area (Å²) in [7, 11) is 3.36. The Morgan fingerprint density at radius 3 is 2.05 bits per heavy atom. The van der Waals surface area contributed by atoms with Crippen molar-refractivity contribution in [3.8, 4) is 22.8 Å². The zero-order chi connectivity index (χ0) is 26.9. The van der Waals surface area contributed by atoms with Crippen molar-refractivity contribution in [2.24, 2.45) is 0 Å². The zero-order valence-corrected chi connectivity index (χ0v) is 23.9. The Kier molecular flexibility index (Phi) is 7.88. The molecular weight excluding hydrogens is 486 g/mol. The van der Waals surface area contributed by atoms with Gasteiger partial charge in [0.05, 0.1) is 20.3 Å². The first-order valence-corrected chi connectivity index (χ1v) is 15.0. The minimum Gasteiger partial charge on any atom is -0.493 e. The van der Waals surface area contributed by atoms with Gasteiger partial charge in [-0.1, -0.05) is 6.07 Å². The van der Waals surface area contributed by atoms with Gasteiger partial charge in [-0.25, -0.2) is 0 Å². The third kappa shape index (κ3) is 5.44. The number of aryl methyl sites for hydroxylation is 1. The topological polar surface area (TPSA) is 61.0 Å². The summed E-state index contributed by atoms with van der Waals surface area (Å²) in [6.45, 7) is 7.12. The predicted molar refractivity (Wildman–Crippen MR) is 158 cm³/mol. The highest BCUT2D eigenvalue weighted by Crippen LogP contribution is 2.38. The average Bonchev–Trinajstić information content (AvgIpc) is 3.33. The lowest BCUT2D eigenvalue weighted by Gasteiger charge is -2.44. The molecule has 0 radical (unpaired) electrons. The summed E-state index contributed by atoms with van der Waals surface area (Å²) in [5, 5.41) is 11.2. The van der Waals surface area contributed by atoms with Gasteiger partial charge in [0, 0.05) is 34.2 Å². The largest absolute Gasteiger partial charge is 0.493 e. The minimum absolute atomic E-state index is 0.0541. The number of fused-ring (bicyclic) bond motifs is 1. The van der Waals surface area contributed by atoms with Gasteiger partial charge >= 0.3 is 0 Å². The van der Waals surface area contributed by atoms with Crippen molar-refractivity contribution >= 4 is 10.9 Å². The van der Waals surface area contributed by atoms with Crippen molar-refractivity contribution in [3.63, 3.8) is 0 Å². The lowest BCUT2D eigenvalue weighted by Crippen LogP contribution is -2.50. The summed E-state index contributed by atoms with van der Waals surface area (Å²) in [5.41, 5.74) is 6.22. The highest BCUT2D eigenvalue weighted by Gasteiger charge is 2.32. The van der Waals surface area contributed by atoms with Gasteiger partial charge in [0.2, 0.25) is 0 Å². The molecule has 6 nitrogen and oxygen atoms in total. The number of piperidine rings is 2. The van der Waals surface area contributed by atoms with Crippen LogP contribution in [0.5, 0.6) is 11.5 Å². The molecule has 210 valence electrons. The smallest absolute Gasteiger partial charge is 0.161 e. The van der Waals surface area contributed by atoms with Crippen LogP contribution in [0.25, 0.3) is 22.2 Å². The molecule has 0 spiro atoms. The second-order valence-electron chi connectivity index (χ2n) is 12.0. The van der Waals surface area contributed by atoms with E-state index in [0.717, 1.165) is 41.6 Å². The number of hydrogen-bond donors (Lipinski definition) is 2. The standard InChI is InChI=1S/C33H45N3O3/c1-22-29-20-24(4-10-30(29)34-33(22)25-5-11-31(38-2)32(21-25)39-3)23-12-16-35(17-13-23)27-14-18-36(19-15-27)26-6-8-28(37)9-7-26/h4-5,10-11,20-21,23,26-28,34,37H,6-9,12-19H2,1-3H3. The minimum atomic E-state index is -0.0541. The summed E-state index contributed by atoms with van der Waals surface area (Å²) in [4.78, 5) is 9.16. The van der Waals surface area contributed by atoms with E-state index in [-0.39, 0.29) is 6.10 Å². The maximum Gasteiger partial charge on any atom is 0.161 e. The Morgan fingerprint density at radius 1 is 0.744 bits per heavy atom. The lowest BCUT2D eigenvalue weighted by atomic mass is 9.86. The van der Waals surface area contributed by atoms with Crippen molar-refractivity contribution in [2.75, 3.05) is 40.4 Å². The molecule has 2 aliphatic heterocycles. The molecule has 3 heterocycles. The van der Waals surface area contributed by atoms with E-state index in [1.807, 2.05) is 6.07 Å². The summed E-state index contributed by atoms with van der Waals surface area (Å²) in [6.07, 6.45) is 9.38. The molecule has 2 N–H and O–H groups in total. The monoisotopic (exact) mass is 531 g/mol. The maximum atomic E-state index is 9.85. The van der Waals surface area contributed by atoms with Gasteiger partial charge in [-0.05, 0) is 132 Å². The number of nitrogens with one attached hydrogen (secondary N) is 1. The number of rotatable bonds is 6. The molecule has 6 heteroatoms. The number of hydrogen-bond acceptors (Lipinski definition) is 5. The van der Waals surface area contributed by atoms with Crippen LogP contribution in [0.15, 0.2) is 36.4 Å². The second-order valence-corrected chi connectivity index (χ2v) is 12.0. The van der Waals surface area contributed by atoms with Crippen LogP contribution in [0, 0.1) is 6.92 Å². The van der Waals surface area contributed by atoms with Crippen molar-refractivity contribution in [2.45, 2.75) is 82.4 Å². The van der Waals surface area contributed by atoms with Gasteiger partial charge in [-0.3, -0.25) is 0 Å². The third-order valence-electron chi connectivity index (χ3n) is 9.95. The summed E-state index contributed by atoms with van der Waals surface area (Å²) in [5.74, 6) is 2.14. The van der Waals surface area contributed by atoms with E-state index in [2.05, 4.69) is 52.0 Å². The molecule has 3 aromatic rings. The Balaban J connectivity index is 1.08. The Morgan fingerprint density at radius 2 is 1.38 bits per heavy atom.